The van der Waals surface area contributed by atoms with E-state index in [1.165, 1.54) is 68.6 Å². The fourth-order valence-corrected chi connectivity index (χ4v) is 4.14. The predicted octanol–water partition coefficient (Wildman–Crippen LogP) is 5.17. The number of benzene rings is 3. The molecule has 1 amide bonds. The van der Waals surface area contributed by atoms with Gasteiger partial charge in [-0.25, -0.2) is 17.2 Å². The van der Waals surface area contributed by atoms with Crippen LogP contribution in [0.2, 0.25) is 0 Å². The van der Waals surface area contributed by atoms with Gasteiger partial charge in [-0.1, -0.05) is 12.1 Å². The quantitative estimate of drug-likeness (QED) is 0.407. The number of hydrogen-bond acceptors (Lipinski definition) is 4. The fourth-order valence-electron chi connectivity index (χ4n) is 3.49. The summed E-state index contributed by atoms with van der Waals surface area (Å²) in [5, 5.41) is 3.00. The van der Waals surface area contributed by atoms with Crippen molar-refractivity contribution in [3.63, 3.8) is 0 Å². The Balaban J connectivity index is 2.03. The summed E-state index contributed by atoms with van der Waals surface area (Å²) >= 11 is 0. The zero-order valence-corrected chi connectivity index (χ0v) is 18.6. The maximum absolute atomic E-state index is 13.5. The van der Waals surface area contributed by atoms with E-state index in [0.29, 0.717) is 22.1 Å². The summed E-state index contributed by atoms with van der Waals surface area (Å²) in [5.74, 6) is -1.25. The van der Waals surface area contributed by atoms with Crippen LogP contribution in [-0.4, -0.2) is 27.1 Å². The first-order valence-corrected chi connectivity index (χ1v) is 11.7. The Hall–Kier alpha value is -3.72. The maximum Gasteiger partial charge on any atom is 0.255 e. The molecule has 0 aliphatic heterocycles. The number of carbonyl (C=O) groups excluding carboxylic acids is 1. The molecule has 1 heterocycles. The minimum Gasteiger partial charge on any atom is -0.455 e. The predicted molar refractivity (Wildman–Crippen MR) is 123 cm³/mol. The van der Waals surface area contributed by atoms with Gasteiger partial charge in [0, 0.05) is 29.6 Å². The van der Waals surface area contributed by atoms with Gasteiger partial charge in [-0.3, -0.25) is 9.52 Å². The van der Waals surface area contributed by atoms with Gasteiger partial charge in [0.25, 0.3) is 5.91 Å². The van der Waals surface area contributed by atoms with Gasteiger partial charge in [0.1, 0.15) is 23.0 Å². The molecule has 0 spiro atoms. The number of nitrogens with one attached hydrogen (secondary N) is 2. The second-order valence-corrected chi connectivity index (χ2v) is 9.31. The normalized spacial score (nSPS) is 11.5. The molecular weight excluding hydrogens is 450 g/mol. The summed E-state index contributed by atoms with van der Waals surface area (Å²) in [5.41, 5.74) is 2.15. The molecule has 0 aliphatic carbocycles. The van der Waals surface area contributed by atoms with Crippen LogP contribution in [0.5, 0.6) is 0 Å². The summed E-state index contributed by atoms with van der Waals surface area (Å²) in [4.78, 5) is 12.8. The SMILES string of the molecule is CCS(=O)(=O)Nc1cc2oc(-c3ccc(F)cc3)c(C(=O)NC)c2cc1-c1ccc(F)cc1. The third-order valence-electron chi connectivity index (χ3n) is 5.19. The van der Waals surface area contributed by atoms with E-state index in [9.17, 15) is 22.0 Å². The van der Waals surface area contributed by atoms with Crippen molar-refractivity contribution in [2.75, 3.05) is 17.5 Å². The largest absolute Gasteiger partial charge is 0.455 e. The molecule has 4 rings (SSSR count). The van der Waals surface area contributed by atoms with Gasteiger partial charge in [0.2, 0.25) is 10.0 Å². The molecule has 0 saturated carbocycles. The first-order chi connectivity index (χ1) is 15.7. The molecule has 0 aliphatic rings. The average Bonchev–Trinajstić information content (AvgIpc) is 3.17. The van der Waals surface area contributed by atoms with Crippen molar-refractivity contribution in [1.29, 1.82) is 0 Å². The lowest BCUT2D eigenvalue weighted by molar-refractivity contribution is 0.0964. The van der Waals surface area contributed by atoms with Crippen molar-refractivity contribution in [2.45, 2.75) is 6.92 Å². The van der Waals surface area contributed by atoms with Crippen molar-refractivity contribution < 1.29 is 26.4 Å². The Bertz CT molecular complexity index is 1440. The molecule has 0 atom stereocenters. The summed E-state index contributed by atoms with van der Waals surface area (Å²) in [6.45, 7) is 1.50. The van der Waals surface area contributed by atoms with Crippen LogP contribution in [0.1, 0.15) is 17.3 Å². The standard InChI is InChI=1S/C24H20F2N2O4S/c1-3-33(30,31)28-20-13-21-19(12-18(20)14-4-8-16(25)9-5-14)22(24(29)27-2)23(32-21)15-6-10-17(26)11-7-15/h4-13,28H,3H2,1-2H3,(H,27,29). The molecule has 9 heteroatoms. The van der Waals surface area contributed by atoms with Gasteiger partial charge >= 0.3 is 0 Å². The lowest BCUT2D eigenvalue weighted by Crippen LogP contribution is -2.18. The summed E-state index contributed by atoms with van der Waals surface area (Å²) in [6, 6.07) is 14.1. The number of furan rings is 1. The van der Waals surface area contributed by atoms with Crippen LogP contribution in [0.15, 0.2) is 65.1 Å². The third-order valence-corrected chi connectivity index (χ3v) is 6.48. The van der Waals surface area contributed by atoms with E-state index in [1.54, 1.807) is 6.07 Å². The molecule has 0 saturated heterocycles. The van der Waals surface area contributed by atoms with E-state index < -0.39 is 27.6 Å². The van der Waals surface area contributed by atoms with Gasteiger partial charge in [-0.15, -0.1) is 0 Å². The second-order valence-electron chi connectivity index (χ2n) is 7.30. The van der Waals surface area contributed by atoms with Gasteiger partial charge in [-0.05, 0) is 55.0 Å². The number of sulfonamides is 1. The molecular formula is C24H20F2N2O4S. The van der Waals surface area contributed by atoms with Crippen LogP contribution in [0.3, 0.4) is 0 Å². The number of anilines is 1. The van der Waals surface area contributed by atoms with Gasteiger partial charge in [0.05, 0.1) is 17.0 Å². The van der Waals surface area contributed by atoms with Crippen molar-refractivity contribution in [1.82, 2.24) is 5.32 Å². The average molecular weight is 470 g/mol. The van der Waals surface area contributed by atoms with Crippen LogP contribution >= 0.6 is 0 Å². The minimum absolute atomic E-state index is 0.156. The van der Waals surface area contributed by atoms with Gasteiger partial charge < -0.3 is 9.73 Å². The highest BCUT2D eigenvalue weighted by molar-refractivity contribution is 7.92. The zero-order valence-electron chi connectivity index (χ0n) is 17.8. The van der Waals surface area contributed by atoms with Crippen LogP contribution < -0.4 is 10.0 Å². The number of amides is 1. The third kappa shape index (κ3) is 4.45. The van der Waals surface area contributed by atoms with Crippen LogP contribution in [0.4, 0.5) is 14.5 Å². The maximum atomic E-state index is 13.5. The van der Waals surface area contributed by atoms with E-state index in [4.69, 9.17) is 4.42 Å². The molecule has 6 nitrogen and oxygen atoms in total. The lowest BCUT2D eigenvalue weighted by atomic mass is 9.98. The van der Waals surface area contributed by atoms with E-state index in [1.807, 2.05) is 0 Å². The first kappa shape index (κ1) is 22.5. The molecule has 1 aromatic heterocycles. The molecule has 0 fully saturated rings. The molecule has 3 aromatic carbocycles. The number of halogens is 2. The highest BCUT2D eigenvalue weighted by Crippen LogP contribution is 2.40. The number of rotatable bonds is 6. The molecule has 0 radical (unpaired) electrons. The number of hydrogen-bond donors (Lipinski definition) is 2. The highest BCUT2D eigenvalue weighted by Gasteiger charge is 2.24. The van der Waals surface area contributed by atoms with Crippen LogP contribution in [0.25, 0.3) is 33.4 Å². The molecule has 0 unspecified atom stereocenters. The Kier molecular flexibility index (Phi) is 5.90. The van der Waals surface area contributed by atoms with E-state index in [0.717, 1.165) is 0 Å². The highest BCUT2D eigenvalue weighted by atomic mass is 32.2. The van der Waals surface area contributed by atoms with Crippen molar-refractivity contribution >= 4 is 32.6 Å². The molecule has 4 aromatic rings. The lowest BCUT2D eigenvalue weighted by Gasteiger charge is -2.13. The fraction of sp³-hybridized carbons (Fsp3) is 0.125. The van der Waals surface area contributed by atoms with E-state index in [2.05, 4.69) is 10.0 Å². The van der Waals surface area contributed by atoms with Crippen molar-refractivity contribution in [3.05, 3.63) is 77.9 Å². The van der Waals surface area contributed by atoms with Crippen molar-refractivity contribution in [3.8, 4) is 22.5 Å². The van der Waals surface area contributed by atoms with Crippen LogP contribution in [0, 0.1) is 11.6 Å². The number of carbonyl (C=O) groups is 1. The molecule has 170 valence electrons. The Labute approximate surface area is 189 Å². The topological polar surface area (TPSA) is 88.4 Å². The van der Waals surface area contributed by atoms with Crippen molar-refractivity contribution in [2.24, 2.45) is 0 Å². The second kappa shape index (κ2) is 8.67. The van der Waals surface area contributed by atoms with Crippen LogP contribution in [-0.2, 0) is 10.0 Å². The smallest absolute Gasteiger partial charge is 0.255 e. The first-order valence-electron chi connectivity index (χ1n) is 10.1. The molecule has 2 N–H and O–H groups in total. The Morgan fingerprint density at radius 2 is 1.52 bits per heavy atom. The van der Waals surface area contributed by atoms with E-state index in [-0.39, 0.29) is 28.3 Å². The molecule has 33 heavy (non-hydrogen) atoms. The monoisotopic (exact) mass is 470 g/mol. The Morgan fingerprint density at radius 3 is 2.06 bits per heavy atom. The Morgan fingerprint density at radius 1 is 0.939 bits per heavy atom. The van der Waals surface area contributed by atoms with Gasteiger partial charge in [-0.2, -0.15) is 0 Å². The minimum atomic E-state index is -3.65. The summed E-state index contributed by atoms with van der Waals surface area (Å²) in [7, 11) is -2.18. The molecule has 0 bridgehead atoms. The van der Waals surface area contributed by atoms with E-state index >= 15 is 0 Å². The van der Waals surface area contributed by atoms with Gasteiger partial charge in [0.15, 0.2) is 0 Å². The number of fused-ring (bicyclic) bond motifs is 1. The summed E-state index contributed by atoms with van der Waals surface area (Å²) < 4.78 is 60.1. The zero-order chi connectivity index (χ0) is 23.8. The summed E-state index contributed by atoms with van der Waals surface area (Å²) in [6.07, 6.45) is 0.